The summed E-state index contributed by atoms with van der Waals surface area (Å²) < 4.78 is 5.43. The highest BCUT2D eigenvalue weighted by Crippen LogP contribution is 2.27. The highest BCUT2D eigenvalue weighted by atomic mass is 16.5. The van der Waals surface area contributed by atoms with Crippen LogP contribution in [0.2, 0.25) is 0 Å². The molecule has 0 spiro atoms. The summed E-state index contributed by atoms with van der Waals surface area (Å²) in [5, 5.41) is 5.58. The number of nitrogen functional groups attached to an aromatic ring is 1. The van der Waals surface area contributed by atoms with Crippen molar-refractivity contribution in [3.8, 4) is 11.3 Å². The van der Waals surface area contributed by atoms with Crippen molar-refractivity contribution >= 4 is 31.1 Å². The molecule has 1 aliphatic heterocycles. The van der Waals surface area contributed by atoms with Gasteiger partial charge in [0.25, 0.3) is 5.91 Å². The number of nitrogens with one attached hydrogen (secondary N) is 2. The maximum atomic E-state index is 13.1. The Morgan fingerprint density at radius 1 is 1.12 bits per heavy atom. The van der Waals surface area contributed by atoms with Crippen LogP contribution in [0.1, 0.15) is 28.9 Å². The Labute approximate surface area is 200 Å². The Balaban J connectivity index is 1.49. The quantitative estimate of drug-likeness (QED) is 0.331. The van der Waals surface area contributed by atoms with Gasteiger partial charge in [0.15, 0.2) is 19.5 Å². The number of unbranched alkanes of at least 4 members (excludes halogenated alkanes) is 1. The van der Waals surface area contributed by atoms with E-state index in [9.17, 15) is 4.79 Å². The zero-order chi connectivity index (χ0) is 23.8. The molecule has 1 aliphatic rings. The number of carbonyl (C=O) groups excluding carboxylic acids is 1. The van der Waals surface area contributed by atoms with Crippen molar-refractivity contribution in [2.45, 2.75) is 19.3 Å². The molecule has 0 bridgehead atoms. The van der Waals surface area contributed by atoms with Gasteiger partial charge in [-0.25, -0.2) is 9.97 Å². The van der Waals surface area contributed by atoms with Crippen LogP contribution in [0.15, 0.2) is 48.9 Å². The Bertz CT molecular complexity index is 1100. The first-order valence-corrected chi connectivity index (χ1v) is 11.4. The molecular weight excluding hydrogens is 429 g/mol. The van der Waals surface area contributed by atoms with Crippen molar-refractivity contribution in [1.29, 1.82) is 0 Å². The van der Waals surface area contributed by atoms with E-state index in [1.54, 1.807) is 18.6 Å². The fourth-order valence-corrected chi connectivity index (χ4v) is 3.85. The van der Waals surface area contributed by atoms with E-state index in [0.29, 0.717) is 24.6 Å². The van der Waals surface area contributed by atoms with Gasteiger partial charge < -0.3 is 25.9 Å². The Morgan fingerprint density at radius 2 is 1.91 bits per heavy atom. The lowest BCUT2D eigenvalue weighted by molar-refractivity contribution is 0.102. The van der Waals surface area contributed by atoms with E-state index in [4.69, 9.17) is 18.5 Å². The summed E-state index contributed by atoms with van der Waals surface area (Å²) in [6.45, 7) is 3.56. The van der Waals surface area contributed by atoms with Gasteiger partial charge in [0.1, 0.15) is 0 Å². The molecular formula is C24H28BN7O2. The molecule has 1 saturated heterocycles. The Hall–Kier alpha value is -3.50. The lowest BCUT2D eigenvalue weighted by Gasteiger charge is -2.30. The van der Waals surface area contributed by atoms with E-state index >= 15 is 0 Å². The number of ether oxygens (including phenoxy) is 1. The molecule has 0 atom stereocenters. The molecule has 2 radical (unpaired) electrons. The molecule has 4 rings (SSSR count). The lowest BCUT2D eigenvalue weighted by atomic mass is 10.0. The molecule has 0 saturated carbocycles. The molecule has 0 unspecified atom stereocenters. The molecule has 2 aromatic heterocycles. The number of benzene rings is 1. The summed E-state index contributed by atoms with van der Waals surface area (Å²) in [7, 11) is 5.31. The SMILES string of the molecule is [B]NCCCCc1ccc(-c2cnc(N)c(C(=O)Nc3cnccc3N3CCOCC3)n2)cc1. The second-order valence-corrected chi connectivity index (χ2v) is 8.04. The summed E-state index contributed by atoms with van der Waals surface area (Å²) in [6, 6.07) is 9.97. The number of morpholine rings is 1. The molecule has 34 heavy (non-hydrogen) atoms. The molecule has 3 heterocycles. The first kappa shape index (κ1) is 23.7. The normalized spacial score (nSPS) is 13.6. The average molecular weight is 457 g/mol. The third-order valence-corrected chi connectivity index (χ3v) is 5.70. The van der Waals surface area contributed by atoms with Gasteiger partial charge in [-0.15, -0.1) is 0 Å². The summed E-state index contributed by atoms with van der Waals surface area (Å²) in [5.41, 5.74) is 10.2. The number of nitrogens with two attached hydrogens (primary N) is 1. The van der Waals surface area contributed by atoms with Crippen molar-refractivity contribution in [1.82, 2.24) is 20.2 Å². The van der Waals surface area contributed by atoms with Gasteiger partial charge in [0.2, 0.25) is 0 Å². The van der Waals surface area contributed by atoms with Gasteiger partial charge in [-0.1, -0.05) is 24.3 Å². The van der Waals surface area contributed by atoms with Crippen molar-refractivity contribution in [3.63, 3.8) is 0 Å². The second kappa shape index (κ2) is 11.6. The van der Waals surface area contributed by atoms with Crippen LogP contribution in [-0.4, -0.2) is 61.7 Å². The standard InChI is InChI=1S/C24H28BN7O2/c25-29-9-2-1-3-17-4-6-18(7-5-17)19-16-28-23(26)22(30-19)24(33)31-20-15-27-10-8-21(20)32-11-13-34-14-12-32/h4-8,10,15-16,29H,1-3,9,11-14H2,(H2,26,28)(H,31,33). The molecule has 1 amide bonds. The van der Waals surface area contributed by atoms with E-state index in [0.717, 1.165) is 50.1 Å². The highest BCUT2D eigenvalue weighted by molar-refractivity contribution is 6.07. The number of hydrogen-bond acceptors (Lipinski definition) is 8. The predicted octanol–water partition coefficient (Wildman–Crippen LogP) is 2.21. The first-order valence-electron chi connectivity index (χ1n) is 11.4. The minimum absolute atomic E-state index is 0.0724. The van der Waals surface area contributed by atoms with Crippen molar-refractivity contribution in [2.75, 3.05) is 48.8 Å². The number of hydrogen-bond donors (Lipinski definition) is 3. The molecule has 174 valence electrons. The van der Waals surface area contributed by atoms with Crippen LogP contribution in [0.25, 0.3) is 11.3 Å². The summed E-state index contributed by atoms with van der Waals surface area (Å²) >= 11 is 0. The summed E-state index contributed by atoms with van der Waals surface area (Å²) in [4.78, 5) is 28.2. The number of aryl methyl sites for hydroxylation is 1. The molecule has 0 aliphatic carbocycles. The monoisotopic (exact) mass is 457 g/mol. The maximum absolute atomic E-state index is 13.1. The predicted molar refractivity (Wildman–Crippen MR) is 134 cm³/mol. The maximum Gasteiger partial charge on any atom is 0.278 e. The lowest BCUT2D eigenvalue weighted by Crippen LogP contribution is -2.36. The number of rotatable bonds is 9. The van der Waals surface area contributed by atoms with Crippen LogP contribution in [0.4, 0.5) is 17.2 Å². The smallest absolute Gasteiger partial charge is 0.278 e. The number of anilines is 3. The van der Waals surface area contributed by atoms with E-state index in [1.165, 1.54) is 5.56 Å². The third kappa shape index (κ3) is 5.89. The van der Waals surface area contributed by atoms with Crippen LogP contribution in [-0.2, 0) is 11.2 Å². The van der Waals surface area contributed by atoms with Crippen LogP contribution < -0.4 is 21.2 Å². The Kier molecular flexibility index (Phi) is 8.06. The number of aromatic nitrogens is 3. The first-order chi connectivity index (χ1) is 16.7. The van der Waals surface area contributed by atoms with Gasteiger partial charge in [-0.05, 0) is 37.4 Å². The molecule has 3 aromatic rings. The second-order valence-electron chi connectivity index (χ2n) is 8.04. The van der Waals surface area contributed by atoms with Gasteiger partial charge in [0.05, 0.1) is 42.7 Å². The third-order valence-electron chi connectivity index (χ3n) is 5.70. The van der Waals surface area contributed by atoms with Gasteiger partial charge in [0, 0.05) is 24.8 Å². The van der Waals surface area contributed by atoms with Crippen LogP contribution >= 0.6 is 0 Å². The van der Waals surface area contributed by atoms with E-state index in [1.807, 2.05) is 18.2 Å². The number of carbonyl (C=O) groups is 1. The molecule has 1 fully saturated rings. The minimum Gasteiger partial charge on any atom is -0.382 e. The number of nitrogens with zero attached hydrogens (tertiary/aromatic N) is 4. The molecule has 9 nitrogen and oxygen atoms in total. The van der Waals surface area contributed by atoms with Crippen LogP contribution in [0, 0.1) is 0 Å². The fraction of sp³-hybridized carbons (Fsp3) is 0.333. The van der Waals surface area contributed by atoms with Gasteiger partial charge in [-0.3, -0.25) is 9.78 Å². The summed E-state index contributed by atoms with van der Waals surface area (Å²) in [6.07, 6.45) is 7.95. The highest BCUT2D eigenvalue weighted by Gasteiger charge is 2.19. The van der Waals surface area contributed by atoms with E-state index < -0.39 is 5.91 Å². The molecule has 10 heteroatoms. The molecule has 4 N–H and O–H groups in total. The fourth-order valence-electron chi connectivity index (χ4n) is 3.85. The average Bonchev–Trinajstić information content (AvgIpc) is 2.88. The number of amides is 1. The van der Waals surface area contributed by atoms with Crippen molar-refractivity contribution < 1.29 is 9.53 Å². The largest absolute Gasteiger partial charge is 0.382 e. The van der Waals surface area contributed by atoms with Crippen LogP contribution in [0.3, 0.4) is 0 Å². The summed E-state index contributed by atoms with van der Waals surface area (Å²) in [5.74, 6) is -0.359. The van der Waals surface area contributed by atoms with Gasteiger partial charge in [-0.2, -0.15) is 0 Å². The van der Waals surface area contributed by atoms with Crippen molar-refractivity contribution in [3.05, 3.63) is 60.2 Å². The zero-order valence-electron chi connectivity index (χ0n) is 19.0. The van der Waals surface area contributed by atoms with Crippen molar-refractivity contribution in [2.24, 2.45) is 0 Å². The Morgan fingerprint density at radius 3 is 2.68 bits per heavy atom. The molecule has 1 aromatic carbocycles. The van der Waals surface area contributed by atoms with E-state index in [2.05, 4.69) is 42.5 Å². The van der Waals surface area contributed by atoms with Crippen LogP contribution in [0.5, 0.6) is 0 Å². The topological polar surface area (TPSA) is 118 Å². The number of pyridine rings is 1. The minimum atomic E-state index is -0.431. The zero-order valence-corrected chi connectivity index (χ0v) is 19.0. The van der Waals surface area contributed by atoms with E-state index in [-0.39, 0.29) is 11.5 Å². The van der Waals surface area contributed by atoms with Gasteiger partial charge >= 0.3 is 0 Å².